The van der Waals surface area contributed by atoms with Gasteiger partial charge < -0.3 is 20.4 Å². The van der Waals surface area contributed by atoms with Crippen LogP contribution in [0.5, 0.6) is 0 Å². The van der Waals surface area contributed by atoms with Gasteiger partial charge in [0.15, 0.2) is 0 Å². The van der Waals surface area contributed by atoms with Crippen molar-refractivity contribution in [1.82, 2.24) is 0 Å². The average molecular weight is 451 g/mol. The first kappa shape index (κ1) is 24.9. The molecule has 0 aromatic carbocycles. The van der Waals surface area contributed by atoms with Crippen molar-refractivity contribution in [2.45, 2.75) is 123 Å². The summed E-state index contributed by atoms with van der Waals surface area (Å²) in [5.41, 5.74) is -1.62. The molecule has 32 heavy (non-hydrogen) atoms. The quantitative estimate of drug-likeness (QED) is 0.486. The highest BCUT2D eigenvalue weighted by atomic mass is 16.4. The van der Waals surface area contributed by atoms with Crippen LogP contribution in [0.15, 0.2) is 0 Å². The molecule has 0 spiro atoms. The third-order valence-electron chi connectivity index (χ3n) is 11.9. The van der Waals surface area contributed by atoms with E-state index in [1.165, 1.54) is 19.3 Å². The standard InChI is InChI=1S/C28H50O4/c1-16(2)17(3)7-8-18(4)20-9-10-21-23-22(12-13-26(20,21)5)27(6)14-11-19(29)15-28(27,32)25(31)24(23)30/h16-25,29-32H,7-15H2,1-6H3. The lowest BCUT2D eigenvalue weighted by atomic mass is 9.41. The second-order valence-corrected chi connectivity index (χ2v) is 13.5. The van der Waals surface area contributed by atoms with Crippen LogP contribution in [0.4, 0.5) is 0 Å². The van der Waals surface area contributed by atoms with Crippen LogP contribution in [0.2, 0.25) is 0 Å². The van der Waals surface area contributed by atoms with Gasteiger partial charge in [0.05, 0.1) is 12.2 Å². The smallest absolute Gasteiger partial charge is 0.109 e. The molecule has 12 unspecified atom stereocenters. The Balaban J connectivity index is 1.57. The summed E-state index contributed by atoms with van der Waals surface area (Å²) in [7, 11) is 0. The molecule has 186 valence electrons. The van der Waals surface area contributed by atoms with Gasteiger partial charge in [-0.2, -0.15) is 0 Å². The van der Waals surface area contributed by atoms with Crippen LogP contribution < -0.4 is 0 Å². The Kier molecular flexibility index (Phi) is 6.63. The topological polar surface area (TPSA) is 80.9 Å². The number of aliphatic hydroxyl groups is 4. The number of rotatable bonds is 5. The summed E-state index contributed by atoms with van der Waals surface area (Å²) in [6.07, 6.45) is 6.03. The van der Waals surface area contributed by atoms with Gasteiger partial charge >= 0.3 is 0 Å². The Hall–Kier alpha value is -0.160. The number of hydrogen-bond acceptors (Lipinski definition) is 4. The van der Waals surface area contributed by atoms with Gasteiger partial charge in [-0.1, -0.05) is 54.4 Å². The van der Waals surface area contributed by atoms with Crippen LogP contribution in [0.1, 0.15) is 99.3 Å². The summed E-state index contributed by atoms with van der Waals surface area (Å²) >= 11 is 0. The zero-order valence-electron chi connectivity index (χ0n) is 21.4. The fourth-order valence-electron chi connectivity index (χ4n) is 9.29. The maximum absolute atomic E-state index is 11.6. The van der Waals surface area contributed by atoms with E-state index in [0.29, 0.717) is 24.2 Å². The van der Waals surface area contributed by atoms with Crippen molar-refractivity contribution in [3.8, 4) is 0 Å². The van der Waals surface area contributed by atoms with Crippen LogP contribution in [0.3, 0.4) is 0 Å². The van der Waals surface area contributed by atoms with Gasteiger partial charge in [-0.25, -0.2) is 0 Å². The van der Waals surface area contributed by atoms with Gasteiger partial charge in [-0.15, -0.1) is 0 Å². The monoisotopic (exact) mass is 450 g/mol. The minimum atomic E-state index is -1.39. The molecule has 4 aliphatic carbocycles. The Bertz CT molecular complexity index is 680. The summed E-state index contributed by atoms with van der Waals surface area (Å²) in [5.74, 6) is 3.53. The molecule has 0 heterocycles. The molecule has 4 saturated carbocycles. The van der Waals surface area contributed by atoms with E-state index in [1.807, 2.05) is 0 Å². The first-order chi connectivity index (χ1) is 14.9. The normalized spacial score (nSPS) is 52.8. The molecule has 4 rings (SSSR count). The van der Waals surface area contributed by atoms with E-state index in [9.17, 15) is 20.4 Å². The van der Waals surface area contributed by atoms with Gasteiger partial charge in [0.25, 0.3) is 0 Å². The molecule has 0 amide bonds. The van der Waals surface area contributed by atoms with Gasteiger partial charge in [-0.05, 0) is 85.4 Å². The highest BCUT2D eigenvalue weighted by Crippen LogP contribution is 2.69. The molecule has 0 bridgehead atoms. The fourth-order valence-corrected chi connectivity index (χ4v) is 9.29. The van der Waals surface area contributed by atoms with E-state index in [2.05, 4.69) is 41.5 Å². The van der Waals surface area contributed by atoms with E-state index in [4.69, 9.17) is 0 Å². The second kappa shape index (κ2) is 8.50. The Morgan fingerprint density at radius 1 is 0.844 bits per heavy atom. The van der Waals surface area contributed by atoms with Gasteiger partial charge in [-0.3, -0.25) is 0 Å². The second-order valence-electron chi connectivity index (χ2n) is 13.5. The maximum atomic E-state index is 11.6. The lowest BCUT2D eigenvalue weighted by Crippen LogP contribution is -2.73. The lowest BCUT2D eigenvalue weighted by Gasteiger charge is -2.66. The molecular formula is C28H50O4. The van der Waals surface area contributed by atoms with Crippen molar-refractivity contribution in [3.63, 3.8) is 0 Å². The molecule has 4 aliphatic rings. The van der Waals surface area contributed by atoms with E-state index in [1.54, 1.807) is 0 Å². The van der Waals surface area contributed by atoms with Crippen molar-refractivity contribution in [2.24, 2.45) is 52.3 Å². The minimum Gasteiger partial charge on any atom is -0.393 e. The minimum absolute atomic E-state index is 0.0519. The van der Waals surface area contributed by atoms with E-state index >= 15 is 0 Å². The molecule has 0 aliphatic heterocycles. The predicted octanol–water partition coefficient (Wildman–Crippen LogP) is 4.77. The zero-order valence-corrected chi connectivity index (χ0v) is 21.4. The van der Waals surface area contributed by atoms with Crippen molar-refractivity contribution in [2.75, 3.05) is 0 Å². The first-order valence-electron chi connectivity index (χ1n) is 13.6. The molecule has 0 saturated heterocycles. The molecular weight excluding hydrogens is 400 g/mol. The first-order valence-corrected chi connectivity index (χ1v) is 13.6. The molecule has 4 N–H and O–H groups in total. The van der Waals surface area contributed by atoms with E-state index < -0.39 is 29.3 Å². The summed E-state index contributed by atoms with van der Waals surface area (Å²) in [5, 5.41) is 44.6. The molecule has 0 aromatic heterocycles. The summed E-state index contributed by atoms with van der Waals surface area (Å²) < 4.78 is 0. The third-order valence-corrected chi connectivity index (χ3v) is 11.9. The summed E-state index contributed by atoms with van der Waals surface area (Å²) in [6, 6.07) is 0. The van der Waals surface area contributed by atoms with Crippen LogP contribution in [0.25, 0.3) is 0 Å². The molecule has 0 radical (unpaired) electrons. The molecule has 4 nitrogen and oxygen atoms in total. The third kappa shape index (κ3) is 3.53. The van der Waals surface area contributed by atoms with Crippen LogP contribution in [-0.4, -0.2) is 44.3 Å². The van der Waals surface area contributed by atoms with Gasteiger partial charge in [0, 0.05) is 11.8 Å². The summed E-state index contributed by atoms with van der Waals surface area (Å²) in [6.45, 7) is 14.1. The Morgan fingerprint density at radius 2 is 1.53 bits per heavy atom. The van der Waals surface area contributed by atoms with Crippen LogP contribution in [-0.2, 0) is 0 Å². The van der Waals surface area contributed by atoms with Crippen LogP contribution >= 0.6 is 0 Å². The number of fused-ring (bicyclic) bond motifs is 5. The fraction of sp³-hybridized carbons (Fsp3) is 1.00. The average Bonchev–Trinajstić information content (AvgIpc) is 3.09. The highest BCUT2D eigenvalue weighted by molar-refractivity contribution is 5.19. The number of aliphatic hydroxyl groups excluding tert-OH is 3. The predicted molar refractivity (Wildman–Crippen MR) is 128 cm³/mol. The van der Waals surface area contributed by atoms with Crippen molar-refractivity contribution < 1.29 is 20.4 Å². The molecule has 0 aromatic rings. The Morgan fingerprint density at radius 3 is 2.19 bits per heavy atom. The molecule has 12 atom stereocenters. The van der Waals surface area contributed by atoms with E-state index in [0.717, 1.165) is 37.5 Å². The maximum Gasteiger partial charge on any atom is 0.109 e. The molecule has 4 fully saturated rings. The Labute approximate surface area is 196 Å². The zero-order chi connectivity index (χ0) is 23.6. The van der Waals surface area contributed by atoms with Crippen molar-refractivity contribution in [3.05, 3.63) is 0 Å². The van der Waals surface area contributed by atoms with E-state index in [-0.39, 0.29) is 23.7 Å². The van der Waals surface area contributed by atoms with Gasteiger partial charge in [0.2, 0.25) is 0 Å². The summed E-state index contributed by atoms with van der Waals surface area (Å²) in [4.78, 5) is 0. The lowest BCUT2D eigenvalue weighted by molar-refractivity contribution is -0.297. The van der Waals surface area contributed by atoms with Crippen molar-refractivity contribution in [1.29, 1.82) is 0 Å². The largest absolute Gasteiger partial charge is 0.393 e. The molecule has 4 heteroatoms. The SMILES string of the molecule is CC(C)C(C)CCC(C)C1CCC2C3C(O)C(O)C4(O)CC(O)CCC4(C)C3CCC12C. The van der Waals surface area contributed by atoms with Crippen LogP contribution in [0, 0.1) is 52.3 Å². The van der Waals surface area contributed by atoms with Gasteiger partial charge in [0.1, 0.15) is 11.7 Å². The highest BCUT2D eigenvalue weighted by Gasteiger charge is 2.70. The van der Waals surface area contributed by atoms with Crippen molar-refractivity contribution >= 4 is 0 Å². The number of hydrogen-bond donors (Lipinski definition) is 4.